The second kappa shape index (κ2) is 11.0. The van der Waals surface area contributed by atoms with Crippen LogP contribution < -0.4 is 0 Å². The van der Waals surface area contributed by atoms with Gasteiger partial charge in [0.15, 0.2) is 5.82 Å². The number of para-hydroxylation sites is 3. The molecule has 0 saturated heterocycles. The van der Waals surface area contributed by atoms with Crippen molar-refractivity contribution in [2.24, 2.45) is 0 Å². The summed E-state index contributed by atoms with van der Waals surface area (Å²) in [5.74, 6) is 1.55. The molecule has 0 aliphatic carbocycles. The van der Waals surface area contributed by atoms with Crippen molar-refractivity contribution >= 4 is 135 Å². The second-order valence-electron chi connectivity index (χ2n) is 16.1. The number of hydrogen-bond donors (Lipinski definition) is 0. The van der Waals surface area contributed by atoms with Gasteiger partial charge in [-0.1, -0.05) is 127 Å². The van der Waals surface area contributed by atoms with Gasteiger partial charge in [0.25, 0.3) is 0 Å². The van der Waals surface area contributed by atoms with Crippen LogP contribution in [0.1, 0.15) is 0 Å². The topological polar surface area (TPSA) is 40.0 Å². The maximum absolute atomic E-state index is 5.80. The zero-order chi connectivity index (χ0) is 38.8. The number of fused-ring (bicyclic) bond motifs is 19. The van der Waals surface area contributed by atoms with Crippen LogP contribution in [0.15, 0.2) is 176 Å². The van der Waals surface area contributed by atoms with Crippen LogP contribution in [0.2, 0.25) is 0 Å². The van der Waals surface area contributed by atoms with E-state index in [0.717, 1.165) is 43.5 Å². The van der Waals surface area contributed by atoms with E-state index < -0.39 is 0 Å². The van der Waals surface area contributed by atoms with Gasteiger partial charge in [0.2, 0.25) is 5.95 Å². The summed E-state index contributed by atoms with van der Waals surface area (Å²) in [6, 6.07) is 64.3. The Hall–Kier alpha value is -7.80. The van der Waals surface area contributed by atoms with Crippen molar-refractivity contribution in [3.05, 3.63) is 176 Å². The first-order valence-corrected chi connectivity index (χ1v) is 21.2. The minimum absolute atomic E-state index is 0.658. The quantitative estimate of drug-likeness (QED) is 0.175. The minimum atomic E-state index is 0.658. The average molecular weight is 780 g/mol. The van der Waals surface area contributed by atoms with E-state index in [0.29, 0.717) is 5.95 Å². The Balaban J connectivity index is 1.18. The van der Waals surface area contributed by atoms with Gasteiger partial charge in [-0.05, 0) is 70.1 Å². The lowest BCUT2D eigenvalue weighted by Gasteiger charge is -2.13. The van der Waals surface area contributed by atoms with Crippen LogP contribution in [0.4, 0.5) is 0 Å². The highest BCUT2D eigenvalue weighted by Crippen LogP contribution is 2.49. The van der Waals surface area contributed by atoms with Gasteiger partial charge in [0.1, 0.15) is 0 Å². The van der Waals surface area contributed by atoms with Crippen LogP contribution in [0.3, 0.4) is 0 Å². The van der Waals surface area contributed by atoms with Gasteiger partial charge < -0.3 is 4.40 Å². The lowest BCUT2D eigenvalue weighted by Crippen LogP contribution is -2.06. The molecule has 60 heavy (non-hydrogen) atoms. The van der Waals surface area contributed by atoms with Crippen LogP contribution in [0.25, 0.3) is 135 Å². The standard InChI is InChI=1S/C54H29N5S/c1-2-15-32-28-44-39(27-31(32)14-1)48-45(29-38-34-17-5-9-21-40(34)57-41-22-10-7-19-36(41)49(48)51(38)57)58(44)53-52-50(37-20-8-12-24-46(37)60-52)55-54(56-53)59-42-23-11-6-18-35(42)47-33-16-4-3-13-30(33)25-26-43(47)59/h1-29H. The second-order valence-corrected chi connectivity index (χ2v) is 17.2. The summed E-state index contributed by atoms with van der Waals surface area (Å²) in [6.45, 7) is 0. The Labute approximate surface area is 344 Å². The fourth-order valence-corrected chi connectivity index (χ4v) is 11.8. The first-order chi connectivity index (χ1) is 29.8. The van der Waals surface area contributed by atoms with E-state index in [9.17, 15) is 0 Å². The summed E-state index contributed by atoms with van der Waals surface area (Å²) >= 11 is 1.78. The molecular formula is C54H29N5S. The average Bonchev–Trinajstić information content (AvgIpc) is 4.10. The van der Waals surface area contributed by atoms with E-state index in [1.807, 2.05) is 0 Å². The SMILES string of the molecule is c1ccc2cc3c(cc2c1)c1c2c4ccccc4n4c5ccccc5c(cc1n3-c1nc(-n3c5ccccc5c5c6ccccc6ccc53)nc3c1sc1ccccc13)c24. The Morgan fingerprint density at radius 3 is 1.82 bits per heavy atom. The van der Waals surface area contributed by atoms with Gasteiger partial charge in [0.05, 0.1) is 48.8 Å². The summed E-state index contributed by atoms with van der Waals surface area (Å²) in [5, 5.41) is 15.9. The molecule has 0 amide bonds. The van der Waals surface area contributed by atoms with Gasteiger partial charge in [-0.15, -0.1) is 11.3 Å². The van der Waals surface area contributed by atoms with E-state index in [2.05, 4.69) is 189 Å². The first-order valence-electron chi connectivity index (χ1n) is 20.4. The summed E-state index contributed by atoms with van der Waals surface area (Å²) in [5.41, 5.74) is 9.12. The highest BCUT2D eigenvalue weighted by atomic mass is 32.1. The summed E-state index contributed by atoms with van der Waals surface area (Å²) < 4.78 is 9.50. The molecule has 15 rings (SSSR count). The Morgan fingerprint density at radius 1 is 0.367 bits per heavy atom. The summed E-state index contributed by atoms with van der Waals surface area (Å²) in [7, 11) is 0. The number of aromatic nitrogens is 5. The van der Waals surface area contributed by atoms with Crippen molar-refractivity contribution in [3.63, 3.8) is 0 Å². The zero-order valence-electron chi connectivity index (χ0n) is 31.9. The molecule has 6 aromatic heterocycles. The van der Waals surface area contributed by atoms with Crippen LogP contribution in [0.5, 0.6) is 0 Å². The molecule has 0 bridgehead atoms. The summed E-state index contributed by atoms with van der Waals surface area (Å²) in [6.07, 6.45) is 0. The maximum Gasteiger partial charge on any atom is 0.237 e. The van der Waals surface area contributed by atoms with Gasteiger partial charge in [0, 0.05) is 53.2 Å². The molecule has 0 fully saturated rings. The van der Waals surface area contributed by atoms with Crippen molar-refractivity contribution in [1.29, 1.82) is 0 Å². The van der Waals surface area contributed by atoms with E-state index in [1.54, 1.807) is 11.3 Å². The highest BCUT2D eigenvalue weighted by Gasteiger charge is 2.27. The molecule has 0 aliphatic rings. The van der Waals surface area contributed by atoms with Gasteiger partial charge >= 0.3 is 0 Å². The van der Waals surface area contributed by atoms with Crippen LogP contribution in [0, 0.1) is 0 Å². The fraction of sp³-hybridized carbons (Fsp3) is 0. The lowest BCUT2D eigenvalue weighted by atomic mass is 10.0. The molecule has 276 valence electrons. The molecule has 6 heterocycles. The predicted molar refractivity (Wildman–Crippen MR) is 253 cm³/mol. The molecule has 0 aliphatic heterocycles. The van der Waals surface area contributed by atoms with E-state index in [1.165, 1.54) is 85.9 Å². The van der Waals surface area contributed by atoms with E-state index >= 15 is 0 Å². The minimum Gasteiger partial charge on any atom is -0.308 e. The largest absolute Gasteiger partial charge is 0.308 e. The van der Waals surface area contributed by atoms with Crippen molar-refractivity contribution in [2.45, 2.75) is 0 Å². The molecule has 0 unspecified atom stereocenters. The third-order valence-electron chi connectivity index (χ3n) is 13.1. The number of thiophene rings is 1. The van der Waals surface area contributed by atoms with Crippen molar-refractivity contribution in [3.8, 4) is 11.8 Å². The molecule has 15 aromatic rings. The van der Waals surface area contributed by atoms with Crippen LogP contribution in [-0.4, -0.2) is 23.5 Å². The highest BCUT2D eigenvalue weighted by molar-refractivity contribution is 7.26. The molecule has 0 N–H and O–H groups in total. The first kappa shape index (κ1) is 31.2. The smallest absolute Gasteiger partial charge is 0.237 e. The molecule has 6 heteroatoms. The number of nitrogens with zero attached hydrogens (tertiary/aromatic N) is 5. The fourth-order valence-electron chi connectivity index (χ4n) is 10.7. The number of rotatable bonds is 2. The Bertz CT molecular complexity index is 4370. The Kier molecular flexibility index (Phi) is 5.74. The molecule has 0 radical (unpaired) electrons. The molecular weight excluding hydrogens is 751 g/mol. The third-order valence-corrected chi connectivity index (χ3v) is 14.3. The molecule has 0 saturated carbocycles. The number of benzene rings is 9. The van der Waals surface area contributed by atoms with Crippen LogP contribution in [-0.2, 0) is 0 Å². The van der Waals surface area contributed by atoms with E-state index in [4.69, 9.17) is 9.97 Å². The normalized spacial score (nSPS) is 12.7. The predicted octanol–water partition coefficient (Wildman–Crippen LogP) is 14.5. The summed E-state index contributed by atoms with van der Waals surface area (Å²) in [4.78, 5) is 11.4. The van der Waals surface area contributed by atoms with Crippen LogP contribution >= 0.6 is 11.3 Å². The van der Waals surface area contributed by atoms with Crippen molar-refractivity contribution in [1.82, 2.24) is 23.5 Å². The molecule has 0 spiro atoms. The molecule has 5 nitrogen and oxygen atoms in total. The molecule has 9 aromatic carbocycles. The van der Waals surface area contributed by atoms with Gasteiger partial charge in [-0.25, -0.2) is 4.98 Å². The maximum atomic E-state index is 5.80. The third kappa shape index (κ3) is 3.78. The van der Waals surface area contributed by atoms with E-state index in [-0.39, 0.29) is 0 Å². The van der Waals surface area contributed by atoms with Gasteiger partial charge in [-0.3, -0.25) is 9.13 Å². The van der Waals surface area contributed by atoms with Gasteiger partial charge in [-0.2, -0.15) is 4.98 Å². The number of hydrogen-bond acceptors (Lipinski definition) is 3. The Morgan fingerprint density at radius 2 is 1.00 bits per heavy atom. The van der Waals surface area contributed by atoms with Crippen molar-refractivity contribution in [2.75, 3.05) is 0 Å². The zero-order valence-corrected chi connectivity index (χ0v) is 32.7. The monoisotopic (exact) mass is 779 g/mol. The van der Waals surface area contributed by atoms with Crippen molar-refractivity contribution < 1.29 is 0 Å². The lowest BCUT2D eigenvalue weighted by molar-refractivity contribution is 0.977. The molecule has 0 atom stereocenters.